The molecule has 14 heteroatoms. The van der Waals surface area contributed by atoms with E-state index in [9.17, 15) is 9.65 Å². The van der Waals surface area contributed by atoms with E-state index >= 15 is 13.2 Å². The predicted molar refractivity (Wildman–Crippen MR) is 151 cm³/mol. The highest BCUT2D eigenvalue weighted by Crippen LogP contribution is 2.52. The third-order valence-electron chi connectivity index (χ3n) is 7.28. The number of anilines is 3. The van der Waals surface area contributed by atoms with E-state index in [4.69, 9.17) is 20.9 Å². The summed E-state index contributed by atoms with van der Waals surface area (Å²) in [4.78, 5) is 14.5. The Kier molecular flexibility index (Phi) is 6.61. The molecule has 42 heavy (non-hydrogen) atoms. The minimum atomic E-state index is -3.25. The smallest absolute Gasteiger partial charge is 0.318 e. The summed E-state index contributed by atoms with van der Waals surface area (Å²) in [6.45, 7) is 1.88. The van der Waals surface area contributed by atoms with Crippen LogP contribution in [-0.4, -0.2) is 35.2 Å². The third kappa shape index (κ3) is 3.99. The number of alkyl halides is 2. The second-order valence-corrected chi connectivity index (χ2v) is 10.5. The van der Waals surface area contributed by atoms with Crippen LogP contribution in [0.2, 0.25) is 0 Å². The van der Waals surface area contributed by atoms with Gasteiger partial charge in [0.1, 0.15) is 46.4 Å². The van der Waals surface area contributed by atoms with E-state index in [1.54, 1.807) is 17.0 Å². The molecule has 4 N–H and O–H groups in total. The predicted octanol–water partition coefficient (Wildman–Crippen LogP) is 6.13. The molecule has 0 saturated heterocycles. The number of hydrogen-bond acceptors (Lipinski definition) is 10. The molecule has 3 aromatic heterocycles. The molecule has 0 radical (unpaired) electrons. The molecule has 1 atom stereocenters. The fourth-order valence-electron chi connectivity index (χ4n) is 5.39. The van der Waals surface area contributed by atoms with Crippen LogP contribution in [0, 0.1) is 23.0 Å². The normalized spacial score (nSPS) is 13.7. The largest absolute Gasteiger partial charge is 0.490 e. The molecule has 0 amide bonds. The lowest BCUT2D eigenvalue weighted by Crippen LogP contribution is -2.31. The van der Waals surface area contributed by atoms with Crippen LogP contribution in [0.5, 0.6) is 11.8 Å². The molecule has 5 aromatic rings. The zero-order valence-corrected chi connectivity index (χ0v) is 22.9. The average molecular weight is 596 g/mol. The highest BCUT2D eigenvalue weighted by atomic mass is 32.1. The minimum absolute atomic E-state index is 0.0291. The van der Waals surface area contributed by atoms with Crippen molar-refractivity contribution in [1.82, 2.24) is 15.0 Å². The van der Waals surface area contributed by atoms with Gasteiger partial charge in [-0.1, -0.05) is 12.1 Å². The van der Waals surface area contributed by atoms with Gasteiger partial charge >= 0.3 is 6.01 Å². The number of thiophene rings is 1. The molecule has 214 valence electrons. The lowest BCUT2D eigenvalue weighted by molar-refractivity contribution is 0.146. The molecule has 0 fully saturated rings. The van der Waals surface area contributed by atoms with E-state index in [-0.39, 0.29) is 73.7 Å². The van der Waals surface area contributed by atoms with Crippen molar-refractivity contribution >= 4 is 49.0 Å². The first kappa shape index (κ1) is 27.3. The van der Waals surface area contributed by atoms with Crippen molar-refractivity contribution in [2.45, 2.75) is 19.4 Å². The number of nitrogens with two attached hydrogens (primary N) is 2. The SMILES string of the molecule is COc1nc2c3c(c(C(F)F)c(-c4ccc(F)c5sc(N)c(C#N)c45)c(F)c3n1)OCCN2[C@H](C)c1cccnc1N. The van der Waals surface area contributed by atoms with Crippen molar-refractivity contribution in [3.05, 3.63) is 58.8 Å². The Morgan fingerprint density at radius 2 is 1.95 bits per heavy atom. The van der Waals surface area contributed by atoms with Gasteiger partial charge in [-0.05, 0) is 24.6 Å². The highest BCUT2D eigenvalue weighted by molar-refractivity contribution is 7.23. The van der Waals surface area contributed by atoms with Crippen LogP contribution >= 0.6 is 11.3 Å². The first-order valence-corrected chi connectivity index (χ1v) is 13.4. The van der Waals surface area contributed by atoms with Crippen molar-refractivity contribution < 1.29 is 27.0 Å². The molecule has 6 rings (SSSR count). The van der Waals surface area contributed by atoms with Gasteiger partial charge < -0.3 is 25.8 Å². The number of benzene rings is 2. The van der Waals surface area contributed by atoms with Crippen LogP contribution in [0.1, 0.15) is 36.1 Å². The fraction of sp³-hybridized carbons (Fsp3) is 0.214. The summed E-state index contributed by atoms with van der Waals surface area (Å²) in [6, 6.07) is 6.80. The highest BCUT2D eigenvalue weighted by Gasteiger charge is 2.36. The molecule has 1 aliphatic rings. The monoisotopic (exact) mass is 595 g/mol. The van der Waals surface area contributed by atoms with E-state index in [1.165, 1.54) is 13.3 Å². The minimum Gasteiger partial charge on any atom is -0.490 e. The standard InChI is InChI=1S/C28H21F4N7O2S/c1-11(12-4-3-7-36-25(12)34)39-8-9-41-22-18(24(31)32)17(20(30)21-19(22)27(39)38-28(37-21)40-2)13-5-6-15(29)23-16(13)14(10-33)26(35)42-23/h3-7,11,24H,8-9,35H2,1-2H3,(H2,34,36)/t11-/m1/s1. The number of pyridine rings is 1. The second kappa shape index (κ2) is 10.2. The van der Waals surface area contributed by atoms with Gasteiger partial charge in [-0.3, -0.25) is 0 Å². The van der Waals surface area contributed by atoms with Crippen LogP contribution in [0.3, 0.4) is 0 Å². The van der Waals surface area contributed by atoms with E-state index in [0.29, 0.717) is 5.56 Å². The number of hydrogen-bond donors (Lipinski definition) is 2. The van der Waals surface area contributed by atoms with Crippen molar-refractivity contribution in [2.24, 2.45) is 0 Å². The van der Waals surface area contributed by atoms with E-state index < -0.39 is 35.2 Å². The molecule has 1 aliphatic heterocycles. The maximum Gasteiger partial charge on any atom is 0.318 e. The molecule has 0 saturated carbocycles. The molecular formula is C28H21F4N7O2S. The summed E-state index contributed by atoms with van der Waals surface area (Å²) < 4.78 is 72.7. The number of rotatable bonds is 5. The molecule has 0 spiro atoms. The summed E-state index contributed by atoms with van der Waals surface area (Å²) in [5.74, 6) is -1.86. The van der Waals surface area contributed by atoms with Gasteiger partial charge in [-0.25, -0.2) is 22.5 Å². The van der Waals surface area contributed by atoms with Gasteiger partial charge in [0.05, 0.1) is 40.9 Å². The summed E-state index contributed by atoms with van der Waals surface area (Å²) in [7, 11) is 1.29. The Labute approximate surface area is 239 Å². The van der Waals surface area contributed by atoms with Crippen LogP contribution in [-0.2, 0) is 0 Å². The van der Waals surface area contributed by atoms with Crippen LogP contribution in [0.4, 0.5) is 34.2 Å². The summed E-state index contributed by atoms with van der Waals surface area (Å²) in [6.07, 6.45) is -1.71. The fourth-order valence-corrected chi connectivity index (χ4v) is 6.34. The Bertz CT molecular complexity index is 1940. The molecule has 0 unspecified atom stereocenters. The van der Waals surface area contributed by atoms with Crippen LogP contribution in [0.25, 0.3) is 32.1 Å². The van der Waals surface area contributed by atoms with Crippen molar-refractivity contribution in [3.8, 4) is 29.0 Å². The average Bonchev–Trinajstić information content (AvgIpc) is 3.20. The maximum atomic E-state index is 16.7. The number of nitrogens with zero attached hydrogens (tertiary/aromatic N) is 5. The topological polar surface area (TPSA) is 136 Å². The molecule has 0 aliphatic carbocycles. The number of methoxy groups -OCH3 is 1. The number of nitriles is 1. The number of fused-ring (bicyclic) bond motifs is 1. The summed E-state index contributed by atoms with van der Waals surface area (Å²) in [5.41, 5.74) is 10.7. The molecule has 9 nitrogen and oxygen atoms in total. The summed E-state index contributed by atoms with van der Waals surface area (Å²) in [5, 5.41) is 9.56. The quantitative estimate of drug-likeness (QED) is 0.230. The molecular weight excluding hydrogens is 574 g/mol. The van der Waals surface area contributed by atoms with Crippen LogP contribution < -0.4 is 25.8 Å². The number of nitrogen functional groups attached to an aromatic ring is 2. The summed E-state index contributed by atoms with van der Waals surface area (Å²) >= 11 is 0.769. The van der Waals surface area contributed by atoms with Gasteiger partial charge in [0.15, 0.2) is 5.82 Å². The Hall–Kier alpha value is -4.90. The zero-order valence-electron chi connectivity index (χ0n) is 22.1. The first-order valence-electron chi connectivity index (χ1n) is 12.6. The van der Waals surface area contributed by atoms with Gasteiger partial charge in [-0.2, -0.15) is 15.2 Å². The van der Waals surface area contributed by atoms with Gasteiger partial charge in [0, 0.05) is 22.7 Å². The first-order chi connectivity index (χ1) is 20.2. The van der Waals surface area contributed by atoms with E-state index in [2.05, 4.69) is 15.0 Å². The number of ether oxygens (including phenoxy) is 2. The van der Waals surface area contributed by atoms with E-state index in [1.807, 2.05) is 13.0 Å². The van der Waals surface area contributed by atoms with Crippen molar-refractivity contribution in [3.63, 3.8) is 0 Å². The van der Waals surface area contributed by atoms with Crippen LogP contribution in [0.15, 0.2) is 30.5 Å². The lowest BCUT2D eigenvalue weighted by Gasteiger charge is -2.30. The van der Waals surface area contributed by atoms with Gasteiger partial charge in [-0.15, -0.1) is 11.3 Å². The Morgan fingerprint density at radius 1 is 1.17 bits per heavy atom. The lowest BCUT2D eigenvalue weighted by atomic mass is 9.92. The molecule has 0 bridgehead atoms. The second-order valence-electron chi connectivity index (χ2n) is 9.44. The van der Waals surface area contributed by atoms with Gasteiger partial charge in [0.25, 0.3) is 6.43 Å². The Balaban J connectivity index is 1.73. The zero-order chi connectivity index (χ0) is 29.9. The van der Waals surface area contributed by atoms with Crippen molar-refractivity contribution in [2.75, 3.05) is 36.6 Å². The maximum absolute atomic E-state index is 16.7. The molecule has 4 heterocycles. The third-order valence-corrected chi connectivity index (χ3v) is 8.30. The van der Waals surface area contributed by atoms with Gasteiger partial charge in [0.2, 0.25) is 0 Å². The number of aromatic nitrogens is 3. The van der Waals surface area contributed by atoms with E-state index in [0.717, 1.165) is 23.5 Å². The Morgan fingerprint density at radius 3 is 2.64 bits per heavy atom. The van der Waals surface area contributed by atoms with Crippen molar-refractivity contribution in [1.29, 1.82) is 5.26 Å². The number of halogens is 4. The molecule has 2 aromatic carbocycles.